The van der Waals surface area contributed by atoms with Crippen LogP contribution in [-0.4, -0.2) is 0 Å². The summed E-state index contributed by atoms with van der Waals surface area (Å²) in [4.78, 5) is 0. The third-order valence-electron chi connectivity index (χ3n) is 16.1. The average Bonchev–Trinajstić information content (AvgIpc) is 3.96. The average molecular weight is 907 g/mol. The van der Waals surface area contributed by atoms with Crippen molar-refractivity contribution >= 4 is 64.6 Å². The number of rotatable bonds is 5. The fourth-order valence-electron chi connectivity index (χ4n) is 13.3. The molecule has 0 saturated carbocycles. The van der Waals surface area contributed by atoms with Crippen molar-refractivity contribution in [3.05, 3.63) is 255 Å². The molecule has 0 nitrogen and oxygen atoms in total. The molecule has 0 radical (unpaired) electrons. The maximum atomic E-state index is 2.44. The maximum Gasteiger partial charge on any atom is -0.000719 e. The van der Waals surface area contributed by atoms with E-state index in [0.29, 0.717) is 0 Å². The summed E-state index contributed by atoms with van der Waals surface area (Å²) in [6.07, 6.45) is 0. The Morgan fingerprint density at radius 3 is 0.847 bits per heavy atom. The SMILES string of the molecule is c1ccc(-c2c3c(c(-c4cccc5ccccc45)c4ccccc24)-c2cccc4c(-c5ccc6c7c(cccc57)-c5c-6c(-c6ccccc6)c6ccccc6c5-c5cccc6ccccc56)ccc-3c24)cc1. The Morgan fingerprint density at radius 2 is 0.417 bits per heavy atom. The monoisotopic (exact) mass is 906 g/mol. The van der Waals surface area contributed by atoms with Crippen molar-refractivity contribution in [1.82, 2.24) is 0 Å². The lowest BCUT2D eigenvalue weighted by atomic mass is 9.81. The van der Waals surface area contributed by atoms with Crippen LogP contribution in [0.4, 0.5) is 0 Å². The van der Waals surface area contributed by atoms with E-state index in [1.807, 2.05) is 0 Å². The molecule has 0 bridgehead atoms. The molecule has 0 fully saturated rings. The summed E-state index contributed by atoms with van der Waals surface area (Å²) < 4.78 is 0. The van der Waals surface area contributed by atoms with Crippen molar-refractivity contribution in [3.8, 4) is 100 Å². The zero-order valence-corrected chi connectivity index (χ0v) is 39.2. The van der Waals surface area contributed by atoms with Gasteiger partial charge in [-0.25, -0.2) is 0 Å². The number of benzene rings is 14. The number of hydrogen-bond acceptors (Lipinski definition) is 0. The first-order chi connectivity index (χ1) is 35.8. The van der Waals surface area contributed by atoms with E-state index in [-0.39, 0.29) is 0 Å². The van der Waals surface area contributed by atoms with Crippen LogP contribution in [0, 0.1) is 0 Å². The largest absolute Gasteiger partial charge is 0.0622 e. The van der Waals surface area contributed by atoms with Gasteiger partial charge in [-0.2, -0.15) is 0 Å². The van der Waals surface area contributed by atoms with Crippen molar-refractivity contribution in [2.24, 2.45) is 0 Å². The van der Waals surface area contributed by atoms with Gasteiger partial charge in [0.1, 0.15) is 0 Å². The molecule has 2 aliphatic rings. The maximum absolute atomic E-state index is 2.44. The lowest BCUT2D eigenvalue weighted by Crippen LogP contribution is -1.94. The Bertz CT molecular complexity index is 4340. The Balaban J connectivity index is 0.995. The first-order valence-corrected chi connectivity index (χ1v) is 25.2. The molecule has 0 atom stereocenters. The van der Waals surface area contributed by atoms with Crippen molar-refractivity contribution < 1.29 is 0 Å². The molecular formula is C72H42. The smallest absolute Gasteiger partial charge is 0.000719 e. The van der Waals surface area contributed by atoms with Crippen LogP contribution in [0.25, 0.3) is 165 Å². The minimum atomic E-state index is 1.23. The summed E-state index contributed by atoms with van der Waals surface area (Å²) in [6, 6.07) is 95.5. The molecule has 16 rings (SSSR count). The molecule has 0 amide bonds. The van der Waals surface area contributed by atoms with Crippen molar-refractivity contribution in [3.63, 3.8) is 0 Å². The molecule has 0 saturated heterocycles. The van der Waals surface area contributed by atoms with Gasteiger partial charge in [0.15, 0.2) is 0 Å². The van der Waals surface area contributed by atoms with Crippen LogP contribution in [0.2, 0.25) is 0 Å². The van der Waals surface area contributed by atoms with Gasteiger partial charge in [-0.3, -0.25) is 0 Å². The predicted octanol–water partition coefficient (Wildman–Crippen LogP) is 20.2. The van der Waals surface area contributed by atoms with Gasteiger partial charge in [-0.05, 0) is 165 Å². The molecule has 14 aromatic rings. The molecule has 0 spiro atoms. The fraction of sp³-hybridized carbons (Fsp3) is 0. The standard InChI is InChI=1S/C72H42/c1-3-21-45(22-4-1)63-55-29-11-13-31-57(55)67(51-33-15-25-43-19-7-9-27-47(43)51)71-59-37-17-35-53-49(39-41-61(65(53)59)69(63)71)50-40-42-62-66-54(50)36-18-38-60(66)72-68(52-34-16-26-44-20-8-10-28-48(44)52)58-32-14-12-30-56(58)64(70(62)72)46-23-5-2-6-24-46/h1-42H. The highest BCUT2D eigenvalue weighted by atomic mass is 14.4. The predicted molar refractivity (Wildman–Crippen MR) is 308 cm³/mol. The van der Waals surface area contributed by atoms with Crippen LogP contribution in [0.3, 0.4) is 0 Å². The Kier molecular flexibility index (Phi) is 8.26. The third-order valence-corrected chi connectivity index (χ3v) is 16.1. The summed E-state index contributed by atoms with van der Waals surface area (Å²) in [5.41, 5.74) is 23.1. The highest BCUT2D eigenvalue weighted by molar-refractivity contribution is 6.33. The van der Waals surface area contributed by atoms with Crippen molar-refractivity contribution in [1.29, 1.82) is 0 Å². The van der Waals surface area contributed by atoms with E-state index in [0.717, 1.165) is 0 Å². The van der Waals surface area contributed by atoms with Crippen LogP contribution in [-0.2, 0) is 0 Å². The van der Waals surface area contributed by atoms with Gasteiger partial charge < -0.3 is 0 Å². The molecule has 0 aromatic heterocycles. The van der Waals surface area contributed by atoms with E-state index in [1.54, 1.807) is 0 Å². The minimum absolute atomic E-state index is 1.23. The summed E-state index contributed by atoms with van der Waals surface area (Å²) in [5, 5.41) is 15.3. The third kappa shape index (κ3) is 5.36. The van der Waals surface area contributed by atoms with Crippen molar-refractivity contribution in [2.45, 2.75) is 0 Å². The van der Waals surface area contributed by atoms with E-state index >= 15 is 0 Å². The Morgan fingerprint density at radius 1 is 0.139 bits per heavy atom. The van der Waals surface area contributed by atoms with E-state index in [9.17, 15) is 0 Å². The Hall–Kier alpha value is -9.36. The molecule has 0 N–H and O–H groups in total. The molecule has 0 unspecified atom stereocenters. The van der Waals surface area contributed by atoms with Gasteiger partial charge in [-0.15, -0.1) is 0 Å². The topological polar surface area (TPSA) is 0 Å². The zero-order valence-electron chi connectivity index (χ0n) is 39.2. The fourth-order valence-corrected chi connectivity index (χ4v) is 13.3. The van der Waals surface area contributed by atoms with Crippen molar-refractivity contribution in [2.75, 3.05) is 0 Å². The van der Waals surface area contributed by atoms with E-state index < -0.39 is 0 Å². The van der Waals surface area contributed by atoms with Gasteiger partial charge in [-0.1, -0.05) is 255 Å². The summed E-state index contributed by atoms with van der Waals surface area (Å²) in [7, 11) is 0. The van der Waals surface area contributed by atoms with Gasteiger partial charge in [0.05, 0.1) is 0 Å². The number of hydrogen-bond donors (Lipinski definition) is 0. The van der Waals surface area contributed by atoms with Crippen LogP contribution in [0.5, 0.6) is 0 Å². The highest BCUT2D eigenvalue weighted by Crippen LogP contribution is 2.62. The van der Waals surface area contributed by atoms with Crippen LogP contribution < -0.4 is 0 Å². The van der Waals surface area contributed by atoms with E-state index in [1.165, 1.54) is 165 Å². The second-order valence-electron chi connectivity index (χ2n) is 19.7. The van der Waals surface area contributed by atoms with E-state index in [2.05, 4.69) is 255 Å². The lowest BCUT2D eigenvalue weighted by molar-refractivity contribution is 1.63. The molecule has 2 aliphatic carbocycles. The minimum Gasteiger partial charge on any atom is -0.0622 e. The molecule has 14 aromatic carbocycles. The van der Waals surface area contributed by atoms with Gasteiger partial charge in [0.2, 0.25) is 0 Å². The van der Waals surface area contributed by atoms with Gasteiger partial charge in [0.25, 0.3) is 0 Å². The summed E-state index contributed by atoms with van der Waals surface area (Å²) in [5.74, 6) is 0. The molecular weight excluding hydrogens is 865 g/mol. The van der Waals surface area contributed by atoms with Gasteiger partial charge >= 0.3 is 0 Å². The molecule has 330 valence electrons. The summed E-state index contributed by atoms with van der Waals surface area (Å²) in [6.45, 7) is 0. The van der Waals surface area contributed by atoms with Crippen LogP contribution >= 0.6 is 0 Å². The Labute approximate surface area is 417 Å². The zero-order chi connectivity index (χ0) is 47.0. The lowest BCUT2D eigenvalue weighted by Gasteiger charge is -2.21. The quantitative estimate of drug-likeness (QED) is 0.161. The molecule has 0 heterocycles. The second-order valence-corrected chi connectivity index (χ2v) is 19.7. The summed E-state index contributed by atoms with van der Waals surface area (Å²) >= 11 is 0. The van der Waals surface area contributed by atoms with Gasteiger partial charge in [0, 0.05) is 0 Å². The molecule has 72 heavy (non-hydrogen) atoms. The van der Waals surface area contributed by atoms with Crippen LogP contribution in [0.1, 0.15) is 0 Å². The van der Waals surface area contributed by atoms with E-state index in [4.69, 9.17) is 0 Å². The highest BCUT2D eigenvalue weighted by Gasteiger charge is 2.34. The molecule has 0 aliphatic heterocycles. The first kappa shape index (κ1) is 39.5. The molecule has 0 heteroatoms. The second kappa shape index (κ2) is 15.1. The van der Waals surface area contributed by atoms with Crippen LogP contribution in [0.15, 0.2) is 255 Å². The first-order valence-electron chi connectivity index (χ1n) is 25.2. The normalized spacial score (nSPS) is 12.2. The number of fused-ring (bicyclic) bond motifs is 10.